The normalized spacial score (nSPS) is 11.0. The number of benzene rings is 2. The first-order valence-electron chi connectivity index (χ1n) is 10.2. The van der Waals surface area contributed by atoms with Gasteiger partial charge in [0.25, 0.3) is 0 Å². The lowest BCUT2D eigenvalue weighted by atomic mass is 9.99. The molecule has 160 valence electrons. The molecule has 0 spiro atoms. The van der Waals surface area contributed by atoms with Crippen LogP contribution in [0.25, 0.3) is 11.0 Å². The van der Waals surface area contributed by atoms with Crippen LogP contribution in [0.3, 0.4) is 0 Å². The van der Waals surface area contributed by atoms with Gasteiger partial charge in [-0.25, -0.2) is 0 Å². The van der Waals surface area contributed by atoms with Gasteiger partial charge >= 0.3 is 0 Å². The summed E-state index contributed by atoms with van der Waals surface area (Å²) >= 11 is 0. The van der Waals surface area contributed by atoms with Crippen molar-refractivity contribution in [1.29, 1.82) is 0 Å². The molecule has 0 bridgehead atoms. The molecule has 0 fully saturated rings. The molecule has 0 aliphatic carbocycles. The predicted octanol–water partition coefficient (Wildman–Crippen LogP) is 4.09. The second kappa shape index (κ2) is 9.42. The number of nitrogens with zero attached hydrogens (tertiary/aromatic N) is 3. The van der Waals surface area contributed by atoms with Gasteiger partial charge in [0.15, 0.2) is 22.9 Å². The molecular weight excluding hydrogens is 396 g/mol. The highest BCUT2D eigenvalue weighted by molar-refractivity contribution is 6.05. The van der Waals surface area contributed by atoms with Gasteiger partial charge in [0, 0.05) is 11.8 Å². The molecule has 0 radical (unpaired) electrons. The van der Waals surface area contributed by atoms with Crippen molar-refractivity contribution in [2.45, 2.75) is 33.1 Å². The number of tetrazole rings is 1. The molecule has 1 N–H and O–H groups in total. The number of ether oxygens (including phenoxy) is 2. The van der Waals surface area contributed by atoms with Crippen molar-refractivity contribution in [3.63, 3.8) is 0 Å². The van der Waals surface area contributed by atoms with Gasteiger partial charge in [0.2, 0.25) is 5.75 Å². The van der Waals surface area contributed by atoms with Crippen LogP contribution >= 0.6 is 0 Å². The number of hydrogen-bond acceptors (Lipinski definition) is 7. The molecule has 2 aromatic carbocycles. The number of aromatic amines is 1. The number of aromatic nitrogens is 4. The lowest BCUT2D eigenvalue weighted by molar-refractivity contribution is 0.101. The summed E-state index contributed by atoms with van der Waals surface area (Å²) in [4.78, 5) is 12.5. The second-order valence-corrected chi connectivity index (χ2v) is 7.24. The van der Waals surface area contributed by atoms with Crippen LogP contribution in [0.15, 0.2) is 47.1 Å². The molecule has 0 aliphatic rings. The number of carbonyl (C=O) groups excluding carboxylic acids is 1. The zero-order valence-corrected chi connectivity index (χ0v) is 17.6. The van der Waals surface area contributed by atoms with Gasteiger partial charge in [-0.3, -0.25) is 4.79 Å². The summed E-state index contributed by atoms with van der Waals surface area (Å²) in [5.74, 6) is 1.29. The first-order chi connectivity index (χ1) is 15.1. The van der Waals surface area contributed by atoms with E-state index in [2.05, 4.69) is 32.8 Å². The highest BCUT2D eigenvalue weighted by atomic mass is 16.5. The highest BCUT2D eigenvalue weighted by Gasteiger charge is 2.25. The molecule has 0 aliphatic heterocycles. The van der Waals surface area contributed by atoms with Crippen molar-refractivity contribution in [1.82, 2.24) is 20.6 Å². The Morgan fingerprint density at radius 2 is 1.87 bits per heavy atom. The fourth-order valence-corrected chi connectivity index (χ4v) is 3.62. The second-order valence-electron chi connectivity index (χ2n) is 7.24. The Labute approximate surface area is 179 Å². The van der Waals surface area contributed by atoms with Gasteiger partial charge < -0.3 is 13.9 Å². The Kier molecular flexibility index (Phi) is 6.26. The lowest BCUT2D eigenvalue weighted by Gasteiger charge is -2.18. The highest BCUT2D eigenvalue weighted by Crippen LogP contribution is 2.43. The van der Waals surface area contributed by atoms with Crippen molar-refractivity contribution in [2.75, 3.05) is 13.2 Å². The minimum Gasteiger partial charge on any atom is -0.488 e. The summed E-state index contributed by atoms with van der Waals surface area (Å²) in [5.41, 5.74) is 3.14. The molecule has 0 saturated carbocycles. The van der Waals surface area contributed by atoms with Gasteiger partial charge in [-0.2, -0.15) is 5.21 Å². The Balaban J connectivity index is 1.58. The van der Waals surface area contributed by atoms with Crippen molar-refractivity contribution in [3.8, 4) is 11.5 Å². The maximum absolute atomic E-state index is 12.5. The summed E-state index contributed by atoms with van der Waals surface area (Å²) in [5, 5.41) is 14.7. The molecule has 4 aromatic rings. The lowest BCUT2D eigenvalue weighted by Crippen LogP contribution is -2.11. The first-order valence-corrected chi connectivity index (χ1v) is 10.2. The quantitative estimate of drug-likeness (QED) is 0.304. The molecule has 0 amide bonds. The summed E-state index contributed by atoms with van der Waals surface area (Å²) in [6.45, 7) is 4.15. The summed E-state index contributed by atoms with van der Waals surface area (Å²) < 4.78 is 17.9. The van der Waals surface area contributed by atoms with Crippen molar-refractivity contribution < 1.29 is 18.7 Å². The summed E-state index contributed by atoms with van der Waals surface area (Å²) in [6, 6.07) is 12.1. The Morgan fingerprint density at radius 3 is 2.61 bits per heavy atom. The molecule has 31 heavy (non-hydrogen) atoms. The van der Waals surface area contributed by atoms with E-state index < -0.39 is 0 Å². The van der Waals surface area contributed by atoms with Gasteiger partial charge in [0.1, 0.15) is 0 Å². The molecule has 2 heterocycles. The smallest absolute Gasteiger partial charge is 0.205 e. The molecular formula is C23H24N4O4. The number of fused-ring (bicyclic) bond motifs is 1. The number of nitrogens with one attached hydrogen (secondary N) is 1. The van der Waals surface area contributed by atoms with Crippen LogP contribution < -0.4 is 9.47 Å². The largest absolute Gasteiger partial charge is 0.488 e. The third kappa shape index (κ3) is 4.58. The standard InChI is InChI=1S/C23H24N4O4/c1-15-18-10-13-30-21(18)23(29-12-6-9-17-7-4-3-5-8-17)22(20(15)16(2)28)31-14-11-19-24-26-27-25-19/h3-5,7-8,10,13H,6,9,11-12,14H2,1-2H3,(H,24,25,26,27). The van der Waals surface area contributed by atoms with E-state index in [0.29, 0.717) is 41.5 Å². The summed E-state index contributed by atoms with van der Waals surface area (Å²) in [7, 11) is 0. The van der Waals surface area contributed by atoms with Crippen molar-refractivity contribution >= 4 is 16.8 Å². The average Bonchev–Trinajstić information content (AvgIpc) is 3.46. The van der Waals surface area contributed by atoms with Gasteiger partial charge in [-0.05, 0) is 43.9 Å². The topological polar surface area (TPSA) is 103 Å². The number of ketones is 1. The van der Waals surface area contributed by atoms with E-state index in [4.69, 9.17) is 13.9 Å². The zero-order valence-electron chi connectivity index (χ0n) is 17.6. The van der Waals surface area contributed by atoms with Crippen LogP contribution in [0, 0.1) is 6.92 Å². The monoisotopic (exact) mass is 420 g/mol. The van der Waals surface area contributed by atoms with E-state index >= 15 is 0 Å². The summed E-state index contributed by atoms with van der Waals surface area (Å²) in [6.07, 6.45) is 3.75. The Morgan fingerprint density at radius 1 is 1.06 bits per heavy atom. The number of aryl methyl sites for hydroxylation is 2. The van der Waals surface area contributed by atoms with Crippen molar-refractivity contribution in [3.05, 3.63) is 65.2 Å². The van der Waals surface area contributed by atoms with Gasteiger partial charge in [0.05, 0.1) is 25.0 Å². The molecule has 2 aromatic heterocycles. The molecule has 8 heteroatoms. The average molecular weight is 420 g/mol. The Bertz CT molecular complexity index is 1150. The SMILES string of the molecule is CC(=O)c1c(OCCc2nn[nH]n2)c(OCCCc2ccccc2)c2occc2c1C. The molecule has 0 unspecified atom stereocenters. The van der Waals surface area contributed by atoms with E-state index in [9.17, 15) is 4.79 Å². The minimum absolute atomic E-state index is 0.0932. The van der Waals surface area contributed by atoms with E-state index in [0.717, 1.165) is 23.8 Å². The maximum atomic E-state index is 12.5. The predicted molar refractivity (Wildman–Crippen MR) is 115 cm³/mol. The molecule has 0 atom stereocenters. The minimum atomic E-state index is -0.0932. The third-order valence-electron chi connectivity index (χ3n) is 5.10. The first kappa shape index (κ1) is 20.6. The van der Waals surface area contributed by atoms with E-state index in [1.807, 2.05) is 31.2 Å². The molecule has 0 saturated heterocycles. The maximum Gasteiger partial charge on any atom is 0.205 e. The number of hydrogen-bond donors (Lipinski definition) is 1. The van der Waals surface area contributed by atoms with Crippen LogP contribution in [0.1, 0.15) is 40.7 Å². The van der Waals surface area contributed by atoms with Crippen LogP contribution in [0.2, 0.25) is 0 Å². The molecule has 4 rings (SSSR count). The zero-order chi connectivity index (χ0) is 21.6. The van der Waals surface area contributed by atoms with E-state index in [1.165, 1.54) is 12.5 Å². The van der Waals surface area contributed by atoms with E-state index in [1.54, 1.807) is 6.26 Å². The Hall–Kier alpha value is -3.68. The van der Waals surface area contributed by atoms with Gasteiger partial charge in [-0.1, -0.05) is 35.5 Å². The van der Waals surface area contributed by atoms with Crippen LogP contribution in [-0.4, -0.2) is 39.6 Å². The number of furan rings is 1. The van der Waals surface area contributed by atoms with E-state index in [-0.39, 0.29) is 12.4 Å². The number of Topliss-reactive ketones (excluding diaryl/α,β-unsaturated/α-hetero) is 1. The van der Waals surface area contributed by atoms with Crippen LogP contribution in [0.4, 0.5) is 0 Å². The number of H-pyrrole nitrogens is 1. The fraction of sp³-hybridized carbons (Fsp3) is 0.304. The number of rotatable bonds is 10. The number of carbonyl (C=O) groups is 1. The molecule has 8 nitrogen and oxygen atoms in total. The third-order valence-corrected chi connectivity index (χ3v) is 5.10. The van der Waals surface area contributed by atoms with Crippen LogP contribution in [-0.2, 0) is 12.8 Å². The van der Waals surface area contributed by atoms with Crippen molar-refractivity contribution in [2.24, 2.45) is 0 Å². The van der Waals surface area contributed by atoms with Crippen LogP contribution in [0.5, 0.6) is 11.5 Å². The van der Waals surface area contributed by atoms with Gasteiger partial charge in [-0.15, -0.1) is 10.2 Å². The fourth-order valence-electron chi connectivity index (χ4n) is 3.62.